The van der Waals surface area contributed by atoms with Gasteiger partial charge in [0, 0.05) is 6.20 Å². The molecule has 6 heteroatoms. The average Bonchev–Trinajstić information content (AvgIpc) is 2.68. The number of aromatic amines is 1. The Kier molecular flexibility index (Phi) is 2.60. The molecule has 17 heavy (non-hydrogen) atoms. The third-order valence-corrected chi connectivity index (χ3v) is 3.31. The van der Waals surface area contributed by atoms with Crippen molar-refractivity contribution in [2.45, 2.75) is 6.92 Å². The average molecular weight is 250 g/mol. The van der Waals surface area contributed by atoms with Crippen molar-refractivity contribution in [1.29, 1.82) is 0 Å². The fourth-order valence-corrected chi connectivity index (χ4v) is 2.44. The van der Waals surface area contributed by atoms with E-state index in [1.54, 1.807) is 0 Å². The predicted octanol–water partition coefficient (Wildman–Crippen LogP) is 1.37. The standard InChI is InChI=1S/C11H14N4OS/c1-8-2-3-12-10-9(8)13-11(17)15(10)14-4-6-16-7-5-14/h2-3H,4-7H2,1H3,(H,13,17). The molecule has 1 fully saturated rings. The van der Waals surface area contributed by atoms with E-state index in [-0.39, 0.29) is 0 Å². The maximum Gasteiger partial charge on any atom is 0.198 e. The van der Waals surface area contributed by atoms with Crippen molar-refractivity contribution in [2.24, 2.45) is 0 Å². The first kappa shape index (κ1) is 10.7. The second kappa shape index (κ2) is 4.12. The summed E-state index contributed by atoms with van der Waals surface area (Å²) in [5, 5.41) is 2.18. The maximum atomic E-state index is 5.38. The number of pyridine rings is 1. The van der Waals surface area contributed by atoms with Crippen LogP contribution in [0.15, 0.2) is 12.3 Å². The van der Waals surface area contributed by atoms with Crippen LogP contribution in [0, 0.1) is 11.7 Å². The monoisotopic (exact) mass is 250 g/mol. The molecule has 0 saturated carbocycles. The molecular formula is C11H14N4OS. The van der Waals surface area contributed by atoms with Crippen molar-refractivity contribution in [3.8, 4) is 0 Å². The van der Waals surface area contributed by atoms with Gasteiger partial charge in [0.2, 0.25) is 0 Å². The SMILES string of the molecule is Cc1ccnc2c1[nH]c(=S)n2N1CCOCC1. The van der Waals surface area contributed by atoms with Crippen LogP contribution in [0.4, 0.5) is 0 Å². The molecule has 0 aliphatic carbocycles. The molecule has 1 aliphatic heterocycles. The van der Waals surface area contributed by atoms with E-state index < -0.39 is 0 Å². The summed E-state index contributed by atoms with van der Waals surface area (Å²) < 4.78 is 8.04. The predicted molar refractivity (Wildman–Crippen MR) is 68.4 cm³/mol. The quantitative estimate of drug-likeness (QED) is 0.777. The van der Waals surface area contributed by atoms with Gasteiger partial charge in [-0.2, -0.15) is 0 Å². The molecule has 0 radical (unpaired) electrons. The zero-order chi connectivity index (χ0) is 11.8. The summed E-state index contributed by atoms with van der Waals surface area (Å²) in [6, 6.07) is 1.98. The van der Waals surface area contributed by atoms with Crippen LogP contribution in [0.1, 0.15) is 5.56 Å². The van der Waals surface area contributed by atoms with Crippen molar-refractivity contribution in [2.75, 3.05) is 31.3 Å². The molecule has 0 atom stereocenters. The molecule has 0 spiro atoms. The number of aromatic nitrogens is 3. The fraction of sp³-hybridized carbons (Fsp3) is 0.455. The van der Waals surface area contributed by atoms with E-state index >= 15 is 0 Å². The van der Waals surface area contributed by atoms with Gasteiger partial charge in [0.25, 0.3) is 0 Å². The topological polar surface area (TPSA) is 46.1 Å². The summed E-state index contributed by atoms with van der Waals surface area (Å²) in [4.78, 5) is 7.65. The molecule has 3 heterocycles. The minimum absolute atomic E-state index is 0.698. The smallest absolute Gasteiger partial charge is 0.198 e. The highest BCUT2D eigenvalue weighted by Crippen LogP contribution is 2.16. The number of morpholine rings is 1. The van der Waals surface area contributed by atoms with Crippen LogP contribution in [-0.2, 0) is 4.74 Å². The highest BCUT2D eigenvalue weighted by molar-refractivity contribution is 7.71. The van der Waals surface area contributed by atoms with Crippen molar-refractivity contribution in [3.63, 3.8) is 0 Å². The molecule has 5 nitrogen and oxygen atoms in total. The lowest BCUT2D eigenvalue weighted by molar-refractivity contribution is 0.111. The summed E-state index contributed by atoms with van der Waals surface area (Å²) in [7, 11) is 0. The second-order valence-corrected chi connectivity index (χ2v) is 4.52. The Labute approximate surface area is 104 Å². The molecule has 0 bridgehead atoms. The lowest BCUT2D eigenvalue weighted by atomic mass is 10.3. The summed E-state index contributed by atoms with van der Waals surface area (Å²) in [6.07, 6.45) is 1.82. The number of nitrogens with zero attached hydrogens (tertiary/aromatic N) is 3. The van der Waals surface area contributed by atoms with E-state index in [1.807, 2.05) is 16.9 Å². The van der Waals surface area contributed by atoms with Crippen molar-refractivity contribution >= 4 is 23.4 Å². The van der Waals surface area contributed by atoms with Crippen LogP contribution in [-0.4, -0.2) is 40.9 Å². The van der Waals surface area contributed by atoms with Gasteiger partial charge in [0.05, 0.1) is 31.8 Å². The molecule has 2 aromatic rings. The first-order chi connectivity index (χ1) is 8.27. The Morgan fingerprint density at radius 1 is 1.41 bits per heavy atom. The van der Waals surface area contributed by atoms with E-state index in [0.717, 1.165) is 43.0 Å². The van der Waals surface area contributed by atoms with Gasteiger partial charge in [0.15, 0.2) is 10.4 Å². The first-order valence-corrected chi connectivity index (χ1v) is 6.07. The number of ether oxygens (including phenoxy) is 1. The zero-order valence-corrected chi connectivity index (χ0v) is 10.5. The number of aryl methyl sites for hydroxylation is 1. The van der Waals surface area contributed by atoms with Crippen LogP contribution in [0.25, 0.3) is 11.2 Å². The molecule has 1 N–H and O–H groups in total. The summed E-state index contributed by atoms with van der Waals surface area (Å²) in [5.41, 5.74) is 3.08. The van der Waals surface area contributed by atoms with Crippen LogP contribution >= 0.6 is 12.2 Å². The summed E-state index contributed by atoms with van der Waals surface area (Å²) in [6.45, 7) is 5.22. The number of nitrogens with one attached hydrogen (secondary N) is 1. The molecule has 0 amide bonds. The molecule has 0 aromatic carbocycles. The Hall–Kier alpha value is -1.40. The zero-order valence-electron chi connectivity index (χ0n) is 9.64. The molecule has 1 aliphatic rings. The maximum absolute atomic E-state index is 5.38. The molecule has 3 rings (SSSR count). The Morgan fingerprint density at radius 2 is 2.18 bits per heavy atom. The van der Waals surface area contributed by atoms with Crippen molar-refractivity contribution in [1.82, 2.24) is 14.6 Å². The van der Waals surface area contributed by atoms with Crippen LogP contribution in [0.3, 0.4) is 0 Å². The lowest BCUT2D eigenvalue weighted by Gasteiger charge is -2.29. The minimum atomic E-state index is 0.698. The number of rotatable bonds is 1. The van der Waals surface area contributed by atoms with Gasteiger partial charge >= 0.3 is 0 Å². The fourth-order valence-electron chi connectivity index (χ4n) is 2.13. The van der Waals surface area contributed by atoms with Gasteiger partial charge in [-0.05, 0) is 30.8 Å². The molecule has 1 saturated heterocycles. The van der Waals surface area contributed by atoms with Crippen LogP contribution in [0.2, 0.25) is 0 Å². The largest absolute Gasteiger partial charge is 0.378 e. The van der Waals surface area contributed by atoms with Crippen molar-refractivity contribution in [3.05, 3.63) is 22.6 Å². The Bertz CT molecular complexity index is 597. The lowest BCUT2D eigenvalue weighted by Crippen LogP contribution is -2.44. The number of fused-ring (bicyclic) bond motifs is 1. The Balaban J connectivity index is 2.18. The van der Waals surface area contributed by atoms with E-state index in [2.05, 4.69) is 21.9 Å². The molecule has 90 valence electrons. The van der Waals surface area contributed by atoms with Gasteiger partial charge in [-0.1, -0.05) is 0 Å². The summed E-state index contributed by atoms with van der Waals surface area (Å²) >= 11 is 5.38. The van der Waals surface area contributed by atoms with Gasteiger partial charge in [-0.15, -0.1) is 0 Å². The highest BCUT2D eigenvalue weighted by Gasteiger charge is 2.16. The number of imidazole rings is 1. The third-order valence-electron chi connectivity index (χ3n) is 3.03. The highest BCUT2D eigenvalue weighted by atomic mass is 32.1. The first-order valence-electron chi connectivity index (χ1n) is 5.66. The molecule has 2 aromatic heterocycles. The third kappa shape index (κ3) is 1.73. The molecular weight excluding hydrogens is 236 g/mol. The van der Waals surface area contributed by atoms with E-state index in [4.69, 9.17) is 17.0 Å². The van der Waals surface area contributed by atoms with Crippen molar-refractivity contribution < 1.29 is 4.74 Å². The van der Waals surface area contributed by atoms with Gasteiger partial charge in [-0.25, -0.2) is 9.66 Å². The normalized spacial score (nSPS) is 16.6. The molecule has 0 unspecified atom stereocenters. The van der Waals surface area contributed by atoms with Gasteiger partial charge in [-0.3, -0.25) is 0 Å². The van der Waals surface area contributed by atoms with Crippen LogP contribution in [0.5, 0.6) is 0 Å². The number of hydrogen-bond acceptors (Lipinski definition) is 4. The van der Waals surface area contributed by atoms with E-state index in [1.165, 1.54) is 0 Å². The van der Waals surface area contributed by atoms with Gasteiger partial charge < -0.3 is 14.7 Å². The minimum Gasteiger partial charge on any atom is -0.378 e. The number of H-pyrrole nitrogens is 1. The Morgan fingerprint density at radius 3 is 2.94 bits per heavy atom. The van der Waals surface area contributed by atoms with Gasteiger partial charge in [0.1, 0.15) is 0 Å². The summed E-state index contributed by atoms with van der Waals surface area (Å²) in [5.74, 6) is 0. The second-order valence-electron chi connectivity index (χ2n) is 4.13. The van der Waals surface area contributed by atoms with Crippen LogP contribution < -0.4 is 5.01 Å². The van der Waals surface area contributed by atoms with E-state index in [0.29, 0.717) is 4.77 Å². The van der Waals surface area contributed by atoms with E-state index in [9.17, 15) is 0 Å². The number of hydrogen-bond donors (Lipinski definition) is 1.